The molecule has 1 saturated heterocycles. The smallest absolute Gasteiger partial charge is 0.332 e. The second-order valence-electron chi connectivity index (χ2n) is 7.75. The Morgan fingerprint density at radius 3 is 2.64 bits per heavy atom. The second kappa shape index (κ2) is 9.76. The van der Waals surface area contributed by atoms with Gasteiger partial charge in [0.15, 0.2) is 0 Å². The van der Waals surface area contributed by atoms with Crippen molar-refractivity contribution >= 4 is 39.2 Å². The van der Waals surface area contributed by atoms with Crippen molar-refractivity contribution in [3.8, 4) is 0 Å². The number of benzene rings is 1. The van der Waals surface area contributed by atoms with Gasteiger partial charge in [-0.05, 0) is 52.2 Å². The molecule has 1 aromatic rings. The lowest BCUT2D eigenvalue weighted by Crippen LogP contribution is -2.44. The van der Waals surface area contributed by atoms with Crippen LogP contribution in [-0.2, 0) is 24.3 Å². The fourth-order valence-electron chi connectivity index (χ4n) is 3.13. The molecule has 28 heavy (non-hydrogen) atoms. The third-order valence-corrected chi connectivity index (χ3v) is 7.24. The van der Waals surface area contributed by atoms with Crippen LogP contribution in [0.2, 0.25) is 10.0 Å². The van der Waals surface area contributed by atoms with Gasteiger partial charge < -0.3 is 9.47 Å². The normalized spacial score (nSPS) is 18.8. The fraction of sp³-hybridized carbons (Fsp3) is 0.632. The first kappa shape index (κ1) is 23.4. The summed E-state index contributed by atoms with van der Waals surface area (Å²) in [4.78, 5) is 11.7. The monoisotopic (exact) mass is 451 g/mol. The Morgan fingerprint density at radius 1 is 1.25 bits per heavy atom. The molecule has 158 valence electrons. The van der Waals surface area contributed by atoms with Crippen LogP contribution >= 0.6 is 23.2 Å². The zero-order valence-electron chi connectivity index (χ0n) is 16.4. The van der Waals surface area contributed by atoms with Crippen molar-refractivity contribution in [2.24, 2.45) is 0 Å². The van der Waals surface area contributed by atoms with Crippen LogP contribution in [-0.4, -0.2) is 50.1 Å². The molecule has 1 aliphatic rings. The van der Waals surface area contributed by atoms with E-state index in [1.807, 2.05) is 0 Å². The first-order valence-electron chi connectivity index (χ1n) is 9.28. The van der Waals surface area contributed by atoms with Crippen LogP contribution in [0.15, 0.2) is 23.1 Å². The van der Waals surface area contributed by atoms with E-state index in [0.717, 1.165) is 19.3 Å². The minimum absolute atomic E-state index is 0.0169. The van der Waals surface area contributed by atoms with Crippen LogP contribution in [0.3, 0.4) is 0 Å². The van der Waals surface area contributed by atoms with Crippen molar-refractivity contribution in [2.45, 2.75) is 63.0 Å². The Bertz CT molecular complexity index is 792. The molecule has 2 rings (SSSR count). The van der Waals surface area contributed by atoms with E-state index in [0.29, 0.717) is 13.0 Å². The first-order chi connectivity index (χ1) is 13.0. The first-order valence-corrected chi connectivity index (χ1v) is 11.5. The molecule has 1 fully saturated rings. The summed E-state index contributed by atoms with van der Waals surface area (Å²) < 4.78 is 38.3. The van der Waals surface area contributed by atoms with Crippen molar-refractivity contribution in [2.75, 3.05) is 19.8 Å². The van der Waals surface area contributed by atoms with E-state index in [9.17, 15) is 13.2 Å². The SMILES string of the molecule is CC(C)(C)OC(=O)COCCC1CCCCN1S(=O)(=O)c1cccc(Cl)c1Cl. The molecule has 1 aliphatic heterocycles. The third-order valence-electron chi connectivity index (χ3n) is 4.31. The van der Waals surface area contributed by atoms with E-state index < -0.39 is 21.6 Å². The Balaban J connectivity index is 2.00. The highest BCUT2D eigenvalue weighted by Crippen LogP contribution is 2.34. The molecule has 0 aromatic heterocycles. The maximum Gasteiger partial charge on any atom is 0.332 e. The zero-order chi connectivity index (χ0) is 20.9. The van der Waals surface area contributed by atoms with Gasteiger partial charge in [0.2, 0.25) is 10.0 Å². The van der Waals surface area contributed by atoms with E-state index >= 15 is 0 Å². The number of sulfonamides is 1. The molecule has 0 N–H and O–H groups in total. The molecule has 0 radical (unpaired) electrons. The molecule has 0 saturated carbocycles. The van der Waals surface area contributed by atoms with Crippen LogP contribution in [0.25, 0.3) is 0 Å². The van der Waals surface area contributed by atoms with Crippen LogP contribution in [0.1, 0.15) is 46.5 Å². The lowest BCUT2D eigenvalue weighted by Gasteiger charge is -2.35. The van der Waals surface area contributed by atoms with E-state index in [1.165, 1.54) is 10.4 Å². The summed E-state index contributed by atoms with van der Waals surface area (Å²) in [5.74, 6) is -0.439. The lowest BCUT2D eigenvalue weighted by molar-refractivity contribution is -0.160. The number of carbonyl (C=O) groups is 1. The third kappa shape index (κ3) is 6.32. The molecule has 6 nitrogen and oxygen atoms in total. The number of carbonyl (C=O) groups excluding carboxylic acids is 1. The van der Waals surface area contributed by atoms with Gasteiger partial charge in [-0.2, -0.15) is 4.31 Å². The largest absolute Gasteiger partial charge is 0.458 e. The molecule has 1 atom stereocenters. The molecule has 1 aromatic carbocycles. The van der Waals surface area contributed by atoms with Gasteiger partial charge in [-0.25, -0.2) is 13.2 Å². The average Bonchev–Trinajstić information content (AvgIpc) is 2.59. The number of hydrogen-bond acceptors (Lipinski definition) is 5. The van der Waals surface area contributed by atoms with Crippen molar-refractivity contribution in [1.29, 1.82) is 0 Å². The van der Waals surface area contributed by atoms with Crippen molar-refractivity contribution < 1.29 is 22.7 Å². The highest BCUT2D eigenvalue weighted by Gasteiger charge is 2.34. The predicted molar refractivity (Wildman–Crippen MR) is 109 cm³/mol. The molecular weight excluding hydrogens is 425 g/mol. The van der Waals surface area contributed by atoms with E-state index in [4.69, 9.17) is 32.7 Å². The summed E-state index contributed by atoms with van der Waals surface area (Å²) in [6, 6.07) is 4.38. The summed E-state index contributed by atoms with van der Waals surface area (Å²) in [6.07, 6.45) is 2.94. The molecule has 0 spiro atoms. The number of hydrogen-bond donors (Lipinski definition) is 0. The summed E-state index contributed by atoms with van der Waals surface area (Å²) in [5, 5.41) is 0.242. The highest BCUT2D eigenvalue weighted by molar-refractivity contribution is 7.89. The van der Waals surface area contributed by atoms with Crippen LogP contribution in [0.4, 0.5) is 0 Å². The fourth-order valence-corrected chi connectivity index (χ4v) is 5.60. The van der Waals surface area contributed by atoms with E-state index in [2.05, 4.69) is 0 Å². The Hall–Kier alpha value is -0.860. The van der Waals surface area contributed by atoms with Crippen LogP contribution in [0, 0.1) is 0 Å². The molecule has 0 amide bonds. The quantitative estimate of drug-likeness (QED) is 0.456. The topological polar surface area (TPSA) is 72.9 Å². The van der Waals surface area contributed by atoms with Crippen molar-refractivity contribution in [1.82, 2.24) is 4.31 Å². The molecule has 0 aliphatic carbocycles. The second-order valence-corrected chi connectivity index (χ2v) is 10.4. The number of piperidine rings is 1. The summed E-state index contributed by atoms with van der Waals surface area (Å²) in [6.45, 7) is 5.89. The molecule has 1 unspecified atom stereocenters. The highest BCUT2D eigenvalue weighted by atomic mass is 35.5. The van der Waals surface area contributed by atoms with Crippen LogP contribution in [0.5, 0.6) is 0 Å². The molecule has 0 bridgehead atoms. The van der Waals surface area contributed by atoms with Crippen molar-refractivity contribution in [3.05, 3.63) is 28.2 Å². The summed E-state index contributed by atoms with van der Waals surface area (Å²) in [7, 11) is -3.77. The Labute approximate surface area is 177 Å². The Morgan fingerprint density at radius 2 is 1.96 bits per heavy atom. The van der Waals surface area contributed by atoms with Gasteiger partial charge in [0.1, 0.15) is 17.1 Å². The molecule has 1 heterocycles. The number of esters is 1. The number of nitrogens with zero attached hydrogens (tertiary/aromatic N) is 1. The van der Waals surface area contributed by atoms with Gasteiger partial charge in [0.25, 0.3) is 0 Å². The number of ether oxygens (including phenoxy) is 2. The standard InChI is InChI=1S/C19H27Cl2NO5S/c1-19(2,3)27-17(23)13-26-12-10-14-7-4-5-11-22(14)28(24,25)16-9-6-8-15(20)18(16)21/h6,8-9,14H,4-5,7,10-13H2,1-3H3. The van der Waals surface area contributed by atoms with Gasteiger partial charge in [0.05, 0.1) is 10.0 Å². The summed E-state index contributed by atoms with van der Waals surface area (Å²) in [5.41, 5.74) is -0.565. The minimum Gasteiger partial charge on any atom is -0.458 e. The maximum absolute atomic E-state index is 13.1. The maximum atomic E-state index is 13.1. The van der Waals surface area contributed by atoms with Gasteiger partial charge in [-0.15, -0.1) is 0 Å². The summed E-state index contributed by atoms with van der Waals surface area (Å²) >= 11 is 12.1. The number of rotatable bonds is 7. The Kier molecular flexibility index (Phi) is 8.16. The minimum atomic E-state index is -3.77. The van der Waals surface area contributed by atoms with Gasteiger partial charge in [0, 0.05) is 19.2 Å². The average molecular weight is 452 g/mol. The van der Waals surface area contributed by atoms with Crippen LogP contribution < -0.4 is 0 Å². The zero-order valence-corrected chi connectivity index (χ0v) is 18.7. The van der Waals surface area contributed by atoms with E-state index in [-0.39, 0.29) is 34.2 Å². The number of halogens is 2. The van der Waals surface area contributed by atoms with Gasteiger partial charge >= 0.3 is 5.97 Å². The lowest BCUT2D eigenvalue weighted by atomic mass is 10.0. The molecular formula is C19H27Cl2NO5S. The van der Waals surface area contributed by atoms with Crippen molar-refractivity contribution in [3.63, 3.8) is 0 Å². The molecule has 9 heteroatoms. The van der Waals surface area contributed by atoms with Gasteiger partial charge in [-0.1, -0.05) is 35.7 Å². The van der Waals surface area contributed by atoms with Gasteiger partial charge in [-0.3, -0.25) is 0 Å². The van der Waals surface area contributed by atoms with E-state index in [1.54, 1.807) is 32.9 Å². The predicted octanol–water partition coefficient (Wildman–Crippen LogP) is 4.29.